The van der Waals surface area contributed by atoms with Gasteiger partial charge in [-0.3, -0.25) is 9.59 Å². The van der Waals surface area contributed by atoms with E-state index in [1.807, 2.05) is 19.1 Å². The molecule has 0 fully saturated rings. The second-order valence-corrected chi connectivity index (χ2v) is 7.84. The number of hydrogen-bond donors (Lipinski definition) is 1. The molecule has 1 atom stereocenters. The third-order valence-electron chi connectivity index (χ3n) is 2.74. The van der Waals surface area contributed by atoms with Crippen molar-refractivity contribution in [2.24, 2.45) is 5.73 Å². The summed E-state index contributed by atoms with van der Waals surface area (Å²) >= 11 is 6.38. The summed E-state index contributed by atoms with van der Waals surface area (Å²) in [5, 5.41) is 0. The molecule has 1 heterocycles. The Bertz CT molecular complexity index is 482. The number of methoxy groups -OCH3 is 1. The van der Waals surface area contributed by atoms with Crippen molar-refractivity contribution in [3.8, 4) is 0 Å². The monoisotopic (exact) mass is 394 g/mol. The molecular weight excluding hydrogens is 376 g/mol. The fourth-order valence-corrected chi connectivity index (χ4v) is 3.95. The molecule has 0 saturated carbocycles. The van der Waals surface area contributed by atoms with Crippen molar-refractivity contribution < 1.29 is 14.3 Å². The first-order valence-electron chi connectivity index (χ1n) is 6.41. The lowest BCUT2D eigenvalue weighted by molar-refractivity contribution is -0.141. The van der Waals surface area contributed by atoms with Gasteiger partial charge in [-0.25, -0.2) is 0 Å². The molecule has 0 radical (unpaired) electrons. The molecule has 1 rings (SSSR count). The highest BCUT2D eigenvalue weighted by Crippen LogP contribution is 2.23. The first-order valence-corrected chi connectivity index (χ1v) is 9.17. The van der Waals surface area contributed by atoms with Gasteiger partial charge in [0.05, 0.1) is 23.2 Å². The van der Waals surface area contributed by atoms with Crippen LogP contribution in [-0.4, -0.2) is 48.0 Å². The summed E-state index contributed by atoms with van der Waals surface area (Å²) in [6.45, 7) is 3.21. The molecule has 0 aliphatic rings. The molecule has 21 heavy (non-hydrogen) atoms. The van der Waals surface area contributed by atoms with Gasteiger partial charge < -0.3 is 15.4 Å². The number of carbonyl (C=O) groups excluding carboxylic acids is 2. The van der Waals surface area contributed by atoms with Crippen LogP contribution in [0.4, 0.5) is 0 Å². The molecule has 0 spiro atoms. The first-order chi connectivity index (χ1) is 9.97. The van der Waals surface area contributed by atoms with E-state index in [4.69, 9.17) is 5.73 Å². The number of ether oxygens (including phenoxy) is 1. The molecule has 0 aliphatic heterocycles. The van der Waals surface area contributed by atoms with Crippen molar-refractivity contribution in [3.05, 3.63) is 20.8 Å². The Labute approximate surface area is 141 Å². The second kappa shape index (κ2) is 9.45. The number of rotatable bonds is 8. The fraction of sp³-hybridized carbons (Fsp3) is 0.538. The van der Waals surface area contributed by atoms with Crippen LogP contribution in [0.5, 0.6) is 0 Å². The van der Waals surface area contributed by atoms with Crippen LogP contribution in [0.2, 0.25) is 0 Å². The van der Waals surface area contributed by atoms with Crippen molar-refractivity contribution in [2.75, 3.05) is 25.2 Å². The van der Waals surface area contributed by atoms with Gasteiger partial charge in [0.1, 0.15) is 6.04 Å². The molecule has 0 aromatic carbocycles. The number of amides is 1. The van der Waals surface area contributed by atoms with Crippen LogP contribution in [0.3, 0.4) is 0 Å². The van der Waals surface area contributed by atoms with E-state index in [0.717, 1.165) is 8.66 Å². The van der Waals surface area contributed by atoms with Gasteiger partial charge in [0, 0.05) is 17.2 Å². The summed E-state index contributed by atoms with van der Waals surface area (Å²) in [7, 11) is 1.30. The molecule has 5 nitrogen and oxygen atoms in total. The molecule has 1 aromatic heterocycles. The molecule has 0 bridgehead atoms. The lowest BCUT2D eigenvalue weighted by Gasteiger charge is -2.20. The maximum atomic E-state index is 12.1. The summed E-state index contributed by atoms with van der Waals surface area (Å²) in [4.78, 5) is 26.2. The number of halogens is 1. The van der Waals surface area contributed by atoms with Gasteiger partial charge in [-0.05, 0) is 35.0 Å². The van der Waals surface area contributed by atoms with E-state index in [2.05, 4.69) is 20.7 Å². The maximum absolute atomic E-state index is 12.1. The summed E-state index contributed by atoms with van der Waals surface area (Å²) < 4.78 is 5.60. The largest absolute Gasteiger partial charge is 0.468 e. The zero-order chi connectivity index (χ0) is 15.8. The summed E-state index contributed by atoms with van der Waals surface area (Å²) in [6, 6.07) is 3.30. The first kappa shape index (κ1) is 18.5. The second-order valence-electron chi connectivity index (χ2n) is 4.26. The van der Waals surface area contributed by atoms with E-state index in [0.29, 0.717) is 24.6 Å². The fourth-order valence-electron chi connectivity index (χ4n) is 1.59. The van der Waals surface area contributed by atoms with Crippen LogP contribution in [0, 0.1) is 0 Å². The molecule has 1 amide bonds. The summed E-state index contributed by atoms with van der Waals surface area (Å²) in [5.74, 6) is 0.279. The molecule has 0 saturated heterocycles. The predicted molar refractivity (Wildman–Crippen MR) is 90.4 cm³/mol. The molecule has 2 N–H and O–H groups in total. The zero-order valence-corrected chi connectivity index (χ0v) is 15.2. The van der Waals surface area contributed by atoms with Crippen LogP contribution < -0.4 is 5.73 Å². The number of hydrogen-bond acceptors (Lipinski definition) is 6. The number of nitrogens with two attached hydrogens (primary N) is 1. The average molecular weight is 395 g/mol. The van der Waals surface area contributed by atoms with Crippen LogP contribution in [0.25, 0.3) is 0 Å². The number of nitrogens with zero attached hydrogens (tertiary/aromatic N) is 1. The quantitative estimate of drug-likeness (QED) is 0.683. The standard InChI is InChI=1S/C13H19BrN2O3S2/c1-3-16(6-9-4-5-11(14)21-9)12(17)8-20-7-10(15)13(18)19-2/h4-5,10H,3,6-8,15H2,1-2H3. The minimum absolute atomic E-state index is 0.0455. The van der Waals surface area contributed by atoms with E-state index in [1.54, 1.807) is 16.2 Å². The van der Waals surface area contributed by atoms with Crippen molar-refractivity contribution in [3.63, 3.8) is 0 Å². The van der Waals surface area contributed by atoms with Crippen molar-refractivity contribution in [1.29, 1.82) is 0 Å². The molecule has 0 aliphatic carbocycles. The Morgan fingerprint density at radius 1 is 1.52 bits per heavy atom. The minimum Gasteiger partial charge on any atom is -0.468 e. The number of thioether (sulfide) groups is 1. The third-order valence-corrected chi connectivity index (χ3v) is 5.39. The highest BCUT2D eigenvalue weighted by molar-refractivity contribution is 9.11. The van der Waals surface area contributed by atoms with Gasteiger partial charge >= 0.3 is 5.97 Å². The van der Waals surface area contributed by atoms with E-state index < -0.39 is 12.0 Å². The van der Waals surface area contributed by atoms with Crippen molar-refractivity contribution in [1.82, 2.24) is 4.90 Å². The van der Waals surface area contributed by atoms with E-state index in [-0.39, 0.29) is 5.91 Å². The molecule has 8 heteroatoms. The summed E-state index contributed by atoms with van der Waals surface area (Å²) in [6.07, 6.45) is 0. The Kier molecular flexibility index (Phi) is 8.31. The Morgan fingerprint density at radius 3 is 2.76 bits per heavy atom. The van der Waals surface area contributed by atoms with E-state index in [9.17, 15) is 9.59 Å². The van der Waals surface area contributed by atoms with Crippen molar-refractivity contribution in [2.45, 2.75) is 19.5 Å². The number of carbonyl (C=O) groups is 2. The topological polar surface area (TPSA) is 72.6 Å². The van der Waals surface area contributed by atoms with E-state index >= 15 is 0 Å². The van der Waals surface area contributed by atoms with Gasteiger partial charge in [-0.2, -0.15) is 0 Å². The minimum atomic E-state index is -0.684. The highest BCUT2D eigenvalue weighted by atomic mass is 79.9. The molecule has 1 aromatic rings. The van der Waals surface area contributed by atoms with Gasteiger partial charge in [-0.15, -0.1) is 23.1 Å². The lowest BCUT2D eigenvalue weighted by Crippen LogP contribution is -2.35. The van der Waals surface area contributed by atoms with Gasteiger partial charge in [-0.1, -0.05) is 0 Å². The van der Waals surface area contributed by atoms with Crippen LogP contribution in [0.15, 0.2) is 15.9 Å². The average Bonchev–Trinajstić information content (AvgIpc) is 2.88. The smallest absolute Gasteiger partial charge is 0.323 e. The molecule has 118 valence electrons. The normalized spacial score (nSPS) is 12.0. The maximum Gasteiger partial charge on any atom is 0.323 e. The third kappa shape index (κ3) is 6.37. The number of esters is 1. The summed E-state index contributed by atoms with van der Waals surface area (Å²) in [5.41, 5.74) is 5.63. The number of thiophene rings is 1. The van der Waals surface area contributed by atoms with Gasteiger partial charge in [0.2, 0.25) is 5.91 Å². The molecule has 1 unspecified atom stereocenters. The zero-order valence-electron chi connectivity index (χ0n) is 12.0. The Balaban J connectivity index is 2.39. The van der Waals surface area contributed by atoms with Crippen LogP contribution in [0.1, 0.15) is 11.8 Å². The van der Waals surface area contributed by atoms with Gasteiger partial charge in [0.15, 0.2) is 0 Å². The van der Waals surface area contributed by atoms with Crippen LogP contribution in [-0.2, 0) is 20.9 Å². The SMILES string of the molecule is CCN(Cc1ccc(Br)s1)C(=O)CSCC(N)C(=O)OC. The predicted octanol–water partition coefficient (Wildman–Crippen LogP) is 2.09. The lowest BCUT2D eigenvalue weighted by atomic mass is 10.4. The highest BCUT2D eigenvalue weighted by Gasteiger charge is 2.17. The van der Waals surface area contributed by atoms with E-state index in [1.165, 1.54) is 18.9 Å². The molecular formula is C13H19BrN2O3S2. The van der Waals surface area contributed by atoms with Gasteiger partial charge in [0.25, 0.3) is 0 Å². The van der Waals surface area contributed by atoms with Crippen molar-refractivity contribution >= 4 is 50.9 Å². The van der Waals surface area contributed by atoms with Crippen LogP contribution >= 0.6 is 39.0 Å². The Morgan fingerprint density at radius 2 is 2.24 bits per heavy atom. The Hall–Kier alpha value is -0.570.